The lowest BCUT2D eigenvalue weighted by molar-refractivity contribution is -0.136. The molecule has 0 spiro atoms. The molecule has 1 rings (SSSR count). The van der Waals surface area contributed by atoms with Gasteiger partial charge in [0.05, 0.1) is 11.6 Å². The molecule has 1 aromatic rings. The lowest BCUT2D eigenvalue weighted by Gasteiger charge is -2.26. The fraction of sp³-hybridized carbons (Fsp3) is 0.562. The zero-order valence-corrected chi connectivity index (χ0v) is 13.9. The van der Waals surface area contributed by atoms with Crippen LogP contribution in [0.1, 0.15) is 40.0 Å². The number of carbonyl (C=O) groups is 1. The minimum Gasteiger partial charge on any atom is -0.492 e. The number of halogens is 1. The Balaban J connectivity index is 2.79. The molecule has 21 heavy (non-hydrogen) atoms. The van der Waals surface area contributed by atoms with E-state index in [0.29, 0.717) is 29.5 Å². The first kappa shape index (κ1) is 17.8. The molecule has 1 amide bonds. The standard InChI is InChI=1S/C16H24ClNO3/c1-5-9-16(3,20-4)15(19)18-12-7-8-14(13(17)11-12)21-10-6-2/h7-8,11H,5-6,9-10H2,1-4H3,(H,18,19). The van der Waals surface area contributed by atoms with Crippen LogP contribution in [0, 0.1) is 0 Å². The maximum atomic E-state index is 12.3. The highest BCUT2D eigenvalue weighted by Crippen LogP contribution is 2.28. The minimum atomic E-state index is -0.835. The van der Waals surface area contributed by atoms with Gasteiger partial charge in [0.15, 0.2) is 0 Å². The van der Waals surface area contributed by atoms with E-state index in [2.05, 4.69) is 5.32 Å². The van der Waals surface area contributed by atoms with Crippen molar-refractivity contribution >= 4 is 23.2 Å². The van der Waals surface area contributed by atoms with E-state index in [-0.39, 0.29) is 5.91 Å². The maximum absolute atomic E-state index is 12.3. The number of methoxy groups -OCH3 is 1. The molecule has 118 valence electrons. The number of hydrogen-bond donors (Lipinski definition) is 1. The highest BCUT2D eigenvalue weighted by Gasteiger charge is 2.32. The molecule has 1 aromatic carbocycles. The highest BCUT2D eigenvalue weighted by molar-refractivity contribution is 6.32. The van der Waals surface area contributed by atoms with E-state index >= 15 is 0 Å². The van der Waals surface area contributed by atoms with Crippen molar-refractivity contribution in [2.24, 2.45) is 0 Å². The van der Waals surface area contributed by atoms with Crippen LogP contribution >= 0.6 is 11.6 Å². The van der Waals surface area contributed by atoms with Crippen molar-refractivity contribution < 1.29 is 14.3 Å². The summed E-state index contributed by atoms with van der Waals surface area (Å²) in [6.45, 7) is 6.44. The van der Waals surface area contributed by atoms with E-state index in [1.807, 2.05) is 13.8 Å². The summed E-state index contributed by atoms with van der Waals surface area (Å²) in [5, 5.41) is 3.32. The first-order valence-corrected chi connectivity index (χ1v) is 7.63. The summed E-state index contributed by atoms with van der Waals surface area (Å²) in [7, 11) is 1.55. The van der Waals surface area contributed by atoms with Crippen molar-refractivity contribution in [1.82, 2.24) is 0 Å². The van der Waals surface area contributed by atoms with Crippen LogP contribution in [0.2, 0.25) is 5.02 Å². The number of amides is 1. The summed E-state index contributed by atoms with van der Waals surface area (Å²) in [6, 6.07) is 5.22. The zero-order valence-electron chi connectivity index (χ0n) is 13.2. The molecule has 0 bridgehead atoms. The summed E-state index contributed by atoms with van der Waals surface area (Å²) >= 11 is 6.15. The Morgan fingerprint density at radius 1 is 1.33 bits per heavy atom. The van der Waals surface area contributed by atoms with Crippen LogP contribution in [-0.4, -0.2) is 25.2 Å². The van der Waals surface area contributed by atoms with E-state index in [9.17, 15) is 4.79 Å². The third-order valence-corrected chi connectivity index (χ3v) is 3.60. The fourth-order valence-electron chi connectivity index (χ4n) is 1.96. The third-order valence-electron chi connectivity index (χ3n) is 3.31. The van der Waals surface area contributed by atoms with Gasteiger partial charge in [-0.05, 0) is 38.0 Å². The van der Waals surface area contributed by atoms with Gasteiger partial charge in [0.1, 0.15) is 11.4 Å². The van der Waals surface area contributed by atoms with Crippen LogP contribution < -0.4 is 10.1 Å². The summed E-state index contributed by atoms with van der Waals surface area (Å²) < 4.78 is 10.9. The van der Waals surface area contributed by atoms with Crippen LogP contribution in [0.4, 0.5) is 5.69 Å². The Labute approximate surface area is 131 Å². The van der Waals surface area contributed by atoms with Gasteiger partial charge in [0.25, 0.3) is 5.91 Å². The van der Waals surface area contributed by atoms with Crippen molar-refractivity contribution in [3.05, 3.63) is 23.2 Å². The minimum absolute atomic E-state index is 0.176. The molecule has 0 aliphatic carbocycles. The molecule has 1 unspecified atom stereocenters. The van der Waals surface area contributed by atoms with Crippen molar-refractivity contribution in [3.8, 4) is 5.75 Å². The predicted octanol–water partition coefficient (Wildman–Crippen LogP) is 4.27. The fourth-order valence-corrected chi connectivity index (χ4v) is 2.19. The SMILES string of the molecule is CCCOc1ccc(NC(=O)C(C)(CCC)OC)cc1Cl. The van der Waals surface area contributed by atoms with Crippen LogP contribution in [-0.2, 0) is 9.53 Å². The van der Waals surface area contributed by atoms with Gasteiger partial charge < -0.3 is 14.8 Å². The molecule has 0 radical (unpaired) electrons. The van der Waals surface area contributed by atoms with E-state index in [1.165, 1.54) is 0 Å². The van der Waals surface area contributed by atoms with Gasteiger partial charge in [-0.15, -0.1) is 0 Å². The second-order valence-electron chi connectivity index (χ2n) is 5.13. The molecule has 0 fully saturated rings. The molecule has 0 aliphatic heterocycles. The number of ether oxygens (including phenoxy) is 2. The lowest BCUT2D eigenvalue weighted by atomic mass is 9.99. The number of benzene rings is 1. The molecule has 0 aromatic heterocycles. The van der Waals surface area contributed by atoms with Gasteiger partial charge in [-0.1, -0.05) is 31.9 Å². The van der Waals surface area contributed by atoms with Crippen molar-refractivity contribution in [2.75, 3.05) is 19.0 Å². The van der Waals surface area contributed by atoms with E-state index in [4.69, 9.17) is 21.1 Å². The van der Waals surface area contributed by atoms with Gasteiger partial charge in [-0.2, -0.15) is 0 Å². The monoisotopic (exact) mass is 313 g/mol. The number of rotatable bonds is 8. The predicted molar refractivity (Wildman–Crippen MR) is 86.2 cm³/mol. The number of hydrogen-bond acceptors (Lipinski definition) is 3. The quantitative estimate of drug-likeness (QED) is 0.779. The van der Waals surface area contributed by atoms with Gasteiger partial charge in [0, 0.05) is 12.8 Å². The summed E-state index contributed by atoms with van der Waals surface area (Å²) in [6.07, 6.45) is 2.43. The smallest absolute Gasteiger partial charge is 0.256 e. The van der Waals surface area contributed by atoms with Crippen molar-refractivity contribution in [1.29, 1.82) is 0 Å². The lowest BCUT2D eigenvalue weighted by Crippen LogP contribution is -2.41. The number of anilines is 1. The van der Waals surface area contributed by atoms with Crippen LogP contribution in [0.15, 0.2) is 18.2 Å². The van der Waals surface area contributed by atoms with E-state index < -0.39 is 5.60 Å². The zero-order chi connectivity index (χ0) is 15.9. The average molecular weight is 314 g/mol. The highest BCUT2D eigenvalue weighted by atomic mass is 35.5. The Bertz CT molecular complexity index is 479. The molecule has 1 N–H and O–H groups in total. The summed E-state index contributed by atoms with van der Waals surface area (Å²) in [5.74, 6) is 0.449. The number of nitrogens with one attached hydrogen (secondary N) is 1. The third kappa shape index (κ3) is 4.90. The van der Waals surface area contributed by atoms with Crippen LogP contribution in [0.25, 0.3) is 0 Å². The van der Waals surface area contributed by atoms with Crippen LogP contribution in [0.5, 0.6) is 5.75 Å². The largest absolute Gasteiger partial charge is 0.492 e. The molecule has 5 heteroatoms. The number of carbonyl (C=O) groups excluding carboxylic acids is 1. The van der Waals surface area contributed by atoms with Crippen molar-refractivity contribution in [3.63, 3.8) is 0 Å². The molecular formula is C16H24ClNO3. The average Bonchev–Trinajstić information content (AvgIpc) is 2.46. The van der Waals surface area contributed by atoms with E-state index in [1.54, 1.807) is 32.2 Å². The first-order chi connectivity index (χ1) is 9.96. The molecule has 0 saturated carbocycles. The normalized spacial score (nSPS) is 13.6. The van der Waals surface area contributed by atoms with E-state index in [0.717, 1.165) is 12.8 Å². The molecule has 4 nitrogen and oxygen atoms in total. The van der Waals surface area contributed by atoms with Gasteiger partial charge in [0.2, 0.25) is 0 Å². The Hall–Kier alpha value is -1.26. The molecular weight excluding hydrogens is 290 g/mol. The van der Waals surface area contributed by atoms with Crippen LogP contribution in [0.3, 0.4) is 0 Å². The second-order valence-corrected chi connectivity index (χ2v) is 5.54. The van der Waals surface area contributed by atoms with Gasteiger partial charge in [-0.25, -0.2) is 0 Å². The maximum Gasteiger partial charge on any atom is 0.256 e. The first-order valence-electron chi connectivity index (χ1n) is 7.25. The topological polar surface area (TPSA) is 47.6 Å². The van der Waals surface area contributed by atoms with Gasteiger partial charge >= 0.3 is 0 Å². The molecule has 0 heterocycles. The Kier molecular flexibility index (Phi) is 6.99. The Morgan fingerprint density at radius 2 is 2.05 bits per heavy atom. The molecule has 0 aliphatic rings. The Morgan fingerprint density at radius 3 is 2.57 bits per heavy atom. The van der Waals surface area contributed by atoms with Crippen molar-refractivity contribution in [2.45, 2.75) is 45.6 Å². The summed E-state index contributed by atoms with van der Waals surface area (Å²) in [4.78, 5) is 12.3. The molecule has 1 atom stereocenters. The second kappa shape index (κ2) is 8.25. The summed E-state index contributed by atoms with van der Waals surface area (Å²) in [5.41, 5.74) is -0.202. The molecule has 0 saturated heterocycles. The van der Waals surface area contributed by atoms with Gasteiger partial charge in [-0.3, -0.25) is 4.79 Å².